The van der Waals surface area contributed by atoms with Gasteiger partial charge in [0.15, 0.2) is 0 Å². The maximum atomic E-state index is 11.8. The predicted octanol–water partition coefficient (Wildman–Crippen LogP) is 0.356. The van der Waals surface area contributed by atoms with Crippen molar-refractivity contribution in [2.24, 2.45) is 0 Å². The highest BCUT2D eigenvalue weighted by atomic mass is 16.5. The van der Waals surface area contributed by atoms with E-state index in [1.807, 2.05) is 0 Å². The van der Waals surface area contributed by atoms with E-state index < -0.39 is 0 Å². The number of carbonyl (C=O) groups excluding carboxylic acids is 1. The van der Waals surface area contributed by atoms with Crippen LogP contribution in [-0.2, 0) is 4.74 Å². The van der Waals surface area contributed by atoms with Crippen LogP contribution in [-0.4, -0.2) is 35.1 Å². The first-order chi connectivity index (χ1) is 8.19. The Morgan fingerprint density at radius 2 is 2.35 bits per heavy atom. The van der Waals surface area contributed by atoms with Crippen LogP contribution in [0.25, 0.3) is 0 Å². The van der Waals surface area contributed by atoms with E-state index in [2.05, 4.69) is 15.3 Å². The van der Waals surface area contributed by atoms with Crippen LogP contribution in [0.15, 0.2) is 12.4 Å². The lowest BCUT2D eigenvalue weighted by Gasteiger charge is -2.12. The molecule has 0 aliphatic heterocycles. The molecule has 6 nitrogen and oxygen atoms in total. The van der Waals surface area contributed by atoms with Gasteiger partial charge in [-0.05, 0) is 19.3 Å². The van der Waals surface area contributed by atoms with Gasteiger partial charge in [-0.1, -0.05) is 0 Å². The summed E-state index contributed by atoms with van der Waals surface area (Å²) in [6.07, 6.45) is 5.82. The molecule has 1 aliphatic rings. The molecule has 6 heteroatoms. The third-order valence-corrected chi connectivity index (χ3v) is 2.94. The van der Waals surface area contributed by atoms with Crippen molar-refractivity contribution in [3.8, 4) is 0 Å². The van der Waals surface area contributed by atoms with E-state index in [1.165, 1.54) is 12.4 Å². The standard InChI is InChI=1S/C11H16N4O2/c1-17-8-3-2-7(4-8)14-11(16)9-5-13-6-10(12)15-9/h5-8H,2-4H2,1H3,(H2,12,15)(H,14,16). The zero-order valence-corrected chi connectivity index (χ0v) is 9.72. The van der Waals surface area contributed by atoms with Gasteiger partial charge in [-0.25, -0.2) is 4.98 Å². The molecule has 1 aliphatic carbocycles. The Labute approximate surface area is 99.6 Å². The van der Waals surface area contributed by atoms with Gasteiger partial charge in [0.2, 0.25) is 0 Å². The monoisotopic (exact) mass is 236 g/mol. The predicted molar refractivity (Wildman–Crippen MR) is 62.3 cm³/mol. The lowest BCUT2D eigenvalue weighted by Crippen LogP contribution is -2.34. The van der Waals surface area contributed by atoms with Crippen LogP contribution in [0.1, 0.15) is 29.8 Å². The van der Waals surface area contributed by atoms with Crippen LogP contribution in [0.2, 0.25) is 0 Å². The van der Waals surface area contributed by atoms with Gasteiger partial charge in [-0.2, -0.15) is 0 Å². The molecule has 1 saturated carbocycles. The Morgan fingerprint density at radius 1 is 1.53 bits per heavy atom. The lowest BCUT2D eigenvalue weighted by molar-refractivity contribution is 0.0910. The van der Waals surface area contributed by atoms with E-state index in [9.17, 15) is 4.79 Å². The molecule has 17 heavy (non-hydrogen) atoms. The number of hydrogen-bond acceptors (Lipinski definition) is 5. The zero-order chi connectivity index (χ0) is 12.3. The molecular weight excluding hydrogens is 220 g/mol. The first-order valence-corrected chi connectivity index (χ1v) is 5.60. The van der Waals surface area contributed by atoms with Crippen LogP contribution >= 0.6 is 0 Å². The molecule has 3 N–H and O–H groups in total. The van der Waals surface area contributed by atoms with Crippen molar-refractivity contribution < 1.29 is 9.53 Å². The Balaban J connectivity index is 1.94. The third-order valence-electron chi connectivity index (χ3n) is 2.94. The Bertz CT molecular complexity index is 410. The van der Waals surface area contributed by atoms with E-state index in [1.54, 1.807) is 7.11 Å². The fourth-order valence-corrected chi connectivity index (χ4v) is 2.04. The first kappa shape index (κ1) is 11.8. The van der Waals surface area contributed by atoms with E-state index in [0.717, 1.165) is 19.3 Å². The largest absolute Gasteiger partial charge is 0.382 e. The number of nitrogens with one attached hydrogen (secondary N) is 1. The van der Waals surface area contributed by atoms with Crippen LogP contribution in [0.4, 0.5) is 5.82 Å². The molecule has 0 saturated heterocycles. The van der Waals surface area contributed by atoms with Crippen molar-refractivity contribution in [3.63, 3.8) is 0 Å². The van der Waals surface area contributed by atoms with Gasteiger partial charge in [0.05, 0.1) is 18.5 Å². The van der Waals surface area contributed by atoms with Crippen LogP contribution in [0.5, 0.6) is 0 Å². The highest BCUT2D eigenvalue weighted by molar-refractivity contribution is 5.92. The number of nitrogens with zero attached hydrogens (tertiary/aromatic N) is 2. The molecular formula is C11H16N4O2. The summed E-state index contributed by atoms with van der Waals surface area (Å²) in [7, 11) is 1.69. The van der Waals surface area contributed by atoms with Crippen LogP contribution < -0.4 is 11.1 Å². The fourth-order valence-electron chi connectivity index (χ4n) is 2.04. The molecule has 2 rings (SSSR count). The number of hydrogen-bond donors (Lipinski definition) is 2. The number of nitrogens with two attached hydrogens (primary N) is 1. The average molecular weight is 236 g/mol. The summed E-state index contributed by atoms with van der Waals surface area (Å²) < 4.78 is 5.25. The second kappa shape index (κ2) is 5.09. The van der Waals surface area contributed by atoms with Crippen molar-refractivity contribution in [1.29, 1.82) is 0 Å². The summed E-state index contributed by atoms with van der Waals surface area (Å²) in [5, 5.41) is 2.91. The number of ether oxygens (including phenoxy) is 1. The minimum Gasteiger partial charge on any atom is -0.382 e. The lowest BCUT2D eigenvalue weighted by atomic mass is 10.2. The number of nitrogen functional groups attached to an aromatic ring is 1. The number of aromatic nitrogens is 2. The van der Waals surface area contributed by atoms with Crippen LogP contribution in [0, 0.1) is 0 Å². The molecule has 0 radical (unpaired) electrons. The van der Waals surface area contributed by atoms with Crippen molar-refractivity contribution >= 4 is 11.7 Å². The Kier molecular flexibility index (Phi) is 3.53. The minimum atomic E-state index is -0.230. The summed E-state index contributed by atoms with van der Waals surface area (Å²) >= 11 is 0. The number of methoxy groups -OCH3 is 1. The zero-order valence-electron chi connectivity index (χ0n) is 9.72. The summed E-state index contributed by atoms with van der Waals surface area (Å²) in [6.45, 7) is 0. The summed E-state index contributed by atoms with van der Waals surface area (Å²) in [5.74, 6) is 0.0189. The summed E-state index contributed by atoms with van der Waals surface area (Å²) in [5.41, 5.74) is 5.73. The number of carbonyl (C=O) groups is 1. The fraction of sp³-hybridized carbons (Fsp3) is 0.545. The topological polar surface area (TPSA) is 90.1 Å². The summed E-state index contributed by atoms with van der Waals surface area (Å²) in [6, 6.07) is 0.149. The molecule has 2 unspecified atom stereocenters. The maximum absolute atomic E-state index is 11.8. The summed E-state index contributed by atoms with van der Waals surface area (Å²) in [4.78, 5) is 19.6. The number of rotatable bonds is 3. The molecule has 1 amide bonds. The van der Waals surface area contributed by atoms with Crippen molar-refractivity contribution in [1.82, 2.24) is 15.3 Å². The molecule has 92 valence electrons. The SMILES string of the molecule is COC1CCC(NC(=O)c2cncc(N)n2)C1. The Morgan fingerprint density at radius 3 is 3.00 bits per heavy atom. The van der Waals surface area contributed by atoms with Gasteiger partial charge >= 0.3 is 0 Å². The molecule has 0 aromatic carbocycles. The van der Waals surface area contributed by atoms with E-state index >= 15 is 0 Å². The normalized spacial score (nSPS) is 23.6. The van der Waals surface area contributed by atoms with Crippen LogP contribution in [0.3, 0.4) is 0 Å². The van der Waals surface area contributed by atoms with E-state index in [0.29, 0.717) is 0 Å². The second-order valence-corrected chi connectivity index (χ2v) is 4.17. The second-order valence-electron chi connectivity index (χ2n) is 4.17. The van der Waals surface area contributed by atoms with Gasteiger partial charge in [-0.3, -0.25) is 9.78 Å². The van der Waals surface area contributed by atoms with Gasteiger partial charge in [0.25, 0.3) is 5.91 Å². The van der Waals surface area contributed by atoms with Crippen molar-refractivity contribution in [2.75, 3.05) is 12.8 Å². The maximum Gasteiger partial charge on any atom is 0.271 e. The first-order valence-electron chi connectivity index (χ1n) is 5.60. The van der Waals surface area contributed by atoms with Gasteiger partial charge in [-0.15, -0.1) is 0 Å². The molecule has 0 spiro atoms. The minimum absolute atomic E-state index is 0.149. The van der Waals surface area contributed by atoms with Gasteiger partial charge < -0.3 is 15.8 Å². The third kappa shape index (κ3) is 2.91. The molecule has 2 atom stereocenters. The molecule has 1 aromatic heterocycles. The average Bonchev–Trinajstić information content (AvgIpc) is 2.77. The van der Waals surface area contributed by atoms with E-state index in [-0.39, 0.29) is 29.6 Å². The van der Waals surface area contributed by atoms with Gasteiger partial charge in [0, 0.05) is 13.2 Å². The van der Waals surface area contributed by atoms with Crippen molar-refractivity contribution in [2.45, 2.75) is 31.4 Å². The highest BCUT2D eigenvalue weighted by Gasteiger charge is 2.26. The van der Waals surface area contributed by atoms with E-state index in [4.69, 9.17) is 10.5 Å². The smallest absolute Gasteiger partial charge is 0.271 e. The molecule has 0 bridgehead atoms. The number of amides is 1. The quantitative estimate of drug-likeness (QED) is 0.790. The molecule has 1 heterocycles. The van der Waals surface area contributed by atoms with Crippen molar-refractivity contribution in [3.05, 3.63) is 18.1 Å². The number of anilines is 1. The Hall–Kier alpha value is -1.69. The highest BCUT2D eigenvalue weighted by Crippen LogP contribution is 2.21. The van der Waals surface area contributed by atoms with Gasteiger partial charge in [0.1, 0.15) is 11.5 Å². The molecule has 1 fully saturated rings. The molecule has 1 aromatic rings.